The van der Waals surface area contributed by atoms with Crippen LogP contribution in [0.2, 0.25) is 18.1 Å². The number of nitrogens with one attached hydrogen (secondary N) is 1. The first-order valence-electron chi connectivity index (χ1n) is 12.2. The lowest BCUT2D eigenvalue weighted by Gasteiger charge is -2.43. The molecule has 2 aromatic rings. The summed E-state index contributed by atoms with van der Waals surface area (Å²) in [5, 5.41) is -0.0138. The molecule has 0 aliphatic heterocycles. The summed E-state index contributed by atoms with van der Waals surface area (Å²) < 4.78 is 35.2. The second-order valence-corrected chi connectivity index (χ2v) is 18.1. The molecule has 0 saturated heterocycles. The molecule has 0 aliphatic carbocycles. The summed E-state index contributed by atoms with van der Waals surface area (Å²) in [5.74, 6) is 0. The highest BCUT2D eigenvalue weighted by Crippen LogP contribution is 2.41. The molecule has 0 amide bonds. The summed E-state index contributed by atoms with van der Waals surface area (Å²) in [7, 11) is -0.569. The Morgan fingerprint density at radius 1 is 1.00 bits per heavy atom. The van der Waals surface area contributed by atoms with Crippen LogP contribution in [0.1, 0.15) is 58.9 Å². The molecule has 8 heteroatoms. The van der Waals surface area contributed by atoms with E-state index in [0.29, 0.717) is 13.2 Å². The summed E-state index contributed by atoms with van der Waals surface area (Å²) >= 11 is -1.35. The number of benzene rings is 1. The normalized spacial score (nSPS) is 16.5. The lowest BCUT2D eigenvalue weighted by Crippen LogP contribution is -2.56. The molecule has 6 nitrogen and oxygen atoms in total. The predicted molar refractivity (Wildman–Crippen MR) is 147 cm³/mol. The second kappa shape index (κ2) is 12.8. The van der Waals surface area contributed by atoms with Gasteiger partial charge in [0.25, 0.3) is 0 Å². The van der Waals surface area contributed by atoms with Gasteiger partial charge < -0.3 is 18.5 Å². The Morgan fingerprint density at radius 2 is 1.63 bits per heavy atom. The predicted octanol–water partition coefficient (Wildman–Crippen LogP) is 5.80. The Labute approximate surface area is 216 Å². The zero-order valence-electron chi connectivity index (χ0n) is 22.8. The fraction of sp³-hybridized carbons (Fsp3) is 0.593. The molecule has 1 N–H and O–H groups in total. The Balaban J connectivity index is 2.41. The van der Waals surface area contributed by atoms with E-state index in [1.165, 1.54) is 0 Å². The van der Waals surface area contributed by atoms with Crippen LogP contribution in [0.15, 0.2) is 54.7 Å². The standard InChI is InChI=1S/C27H44N2O4SSi/c1-26(2,3)34(30)29-24(23(31-7)20-32-19-21-15-11-10-12-16-21)25(22-17-13-14-18-28-22)33-35(8,9)27(4,5)6/h10-18,23-25,29H,19-20H2,1-9H3/t23-,24-,25?,34?/m1/s1. The summed E-state index contributed by atoms with van der Waals surface area (Å²) in [6.07, 6.45) is 0.887. The topological polar surface area (TPSA) is 75.7 Å². The highest BCUT2D eigenvalue weighted by molar-refractivity contribution is 7.90. The van der Waals surface area contributed by atoms with Crippen LogP contribution < -0.4 is 4.72 Å². The molecule has 0 radical (unpaired) electrons. The van der Waals surface area contributed by atoms with E-state index in [9.17, 15) is 4.55 Å². The van der Waals surface area contributed by atoms with Gasteiger partial charge in [0, 0.05) is 24.7 Å². The third kappa shape index (κ3) is 8.96. The monoisotopic (exact) mass is 520 g/mol. The Morgan fingerprint density at radius 3 is 2.14 bits per heavy atom. The molecular weight excluding hydrogens is 476 g/mol. The fourth-order valence-corrected chi connectivity index (χ4v) is 5.31. The molecule has 1 aromatic carbocycles. The molecule has 0 spiro atoms. The first kappa shape index (κ1) is 30.0. The maximum Gasteiger partial charge on any atom is 0.193 e. The summed E-state index contributed by atoms with van der Waals surface area (Å²) in [6.45, 7) is 17.7. The third-order valence-electron chi connectivity index (χ3n) is 6.43. The van der Waals surface area contributed by atoms with Gasteiger partial charge in [-0.3, -0.25) is 4.98 Å². The van der Waals surface area contributed by atoms with Gasteiger partial charge >= 0.3 is 0 Å². The fourth-order valence-electron chi connectivity index (χ4n) is 3.17. The van der Waals surface area contributed by atoms with Gasteiger partial charge in [-0.15, -0.1) is 4.72 Å². The molecule has 196 valence electrons. The highest BCUT2D eigenvalue weighted by atomic mass is 32.2. The highest BCUT2D eigenvalue weighted by Gasteiger charge is 2.45. The van der Waals surface area contributed by atoms with E-state index in [0.717, 1.165) is 11.3 Å². The Hall–Kier alpha value is -1.26. The quantitative estimate of drug-likeness (QED) is 0.282. The number of aromatic nitrogens is 1. The molecule has 4 atom stereocenters. The lowest BCUT2D eigenvalue weighted by atomic mass is 10.0. The van der Waals surface area contributed by atoms with Gasteiger partial charge in [0.2, 0.25) is 0 Å². The van der Waals surface area contributed by atoms with Crippen LogP contribution in [0.5, 0.6) is 0 Å². The molecule has 35 heavy (non-hydrogen) atoms. The lowest BCUT2D eigenvalue weighted by molar-refractivity contribution is -0.0389. The van der Waals surface area contributed by atoms with E-state index >= 15 is 0 Å². The molecule has 0 saturated carbocycles. The SMILES string of the molecule is CO[C@H](COCc1ccccc1)[C@@H](N[S+]([O-])C(C)(C)C)C(O[Si](C)(C)C(C)(C)C)c1ccccn1. The van der Waals surface area contributed by atoms with E-state index in [1.807, 2.05) is 69.3 Å². The van der Waals surface area contributed by atoms with Crippen molar-refractivity contribution in [2.75, 3.05) is 13.7 Å². The van der Waals surface area contributed by atoms with E-state index < -0.39 is 42.7 Å². The first-order chi connectivity index (χ1) is 16.3. The van der Waals surface area contributed by atoms with E-state index in [-0.39, 0.29) is 5.04 Å². The maximum absolute atomic E-state index is 13.3. The van der Waals surface area contributed by atoms with Crippen LogP contribution in [-0.2, 0) is 31.9 Å². The molecular formula is C27H44N2O4SSi. The average Bonchev–Trinajstić information content (AvgIpc) is 2.79. The molecule has 1 heterocycles. The minimum atomic E-state index is -2.23. The maximum atomic E-state index is 13.3. The van der Waals surface area contributed by atoms with Crippen molar-refractivity contribution in [3.8, 4) is 0 Å². The van der Waals surface area contributed by atoms with Crippen molar-refractivity contribution < 1.29 is 18.5 Å². The Bertz CT molecular complexity index is 872. The van der Waals surface area contributed by atoms with Gasteiger partial charge in [-0.2, -0.15) is 0 Å². The van der Waals surface area contributed by atoms with Crippen LogP contribution in [0, 0.1) is 0 Å². The number of ether oxygens (including phenoxy) is 2. The van der Waals surface area contributed by atoms with Crippen molar-refractivity contribution in [2.24, 2.45) is 0 Å². The minimum absolute atomic E-state index is 0.0138. The van der Waals surface area contributed by atoms with Crippen molar-refractivity contribution in [3.63, 3.8) is 0 Å². The van der Waals surface area contributed by atoms with E-state index in [2.05, 4.69) is 43.6 Å². The van der Waals surface area contributed by atoms with Crippen LogP contribution in [0.4, 0.5) is 0 Å². The molecule has 1 aromatic heterocycles. The molecule has 0 bridgehead atoms. The molecule has 2 unspecified atom stereocenters. The Kier molecular flexibility index (Phi) is 11.0. The largest absolute Gasteiger partial charge is 0.598 e. The third-order valence-corrected chi connectivity index (χ3v) is 12.5. The number of pyridine rings is 1. The van der Waals surface area contributed by atoms with Crippen LogP contribution in [0.25, 0.3) is 0 Å². The number of hydrogen-bond donors (Lipinski definition) is 1. The van der Waals surface area contributed by atoms with Crippen LogP contribution in [-0.4, -0.2) is 48.5 Å². The molecule has 2 rings (SSSR count). The van der Waals surface area contributed by atoms with Crippen LogP contribution >= 0.6 is 0 Å². The van der Waals surface area contributed by atoms with E-state index in [4.69, 9.17) is 13.9 Å². The average molecular weight is 521 g/mol. The number of nitrogens with zero attached hydrogens (tertiary/aromatic N) is 1. The van der Waals surface area contributed by atoms with E-state index in [1.54, 1.807) is 13.3 Å². The van der Waals surface area contributed by atoms with Gasteiger partial charge in [-0.25, -0.2) is 0 Å². The number of rotatable bonds is 12. The van der Waals surface area contributed by atoms with Crippen molar-refractivity contribution >= 4 is 19.7 Å². The van der Waals surface area contributed by atoms with Gasteiger partial charge in [0.15, 0.2) is 8.32 Å². The van der Waals surface area contributed by atoms with Crippen molar-refractivity contribution in [3.05, 3.63) is 66.0 Å². The summed E-state index contributed by atoms with van der Waals surface area (Å²) in [6, 6.07) is 15.4. The smallest absolute Gasteiger partial charge is 0.193 e. The van der Waals surface area contributed by atoms with Crippen LogP contribution in [0.3, 0.4) is 0 Å². The van der Waals surface area contributed by atoms with Gasteiger partial charge in [-0.05, 0) is 56.6 Å². The number of hydrogen-bond acceptors (Lipinski definition) is 6. The molecule has 0 aliphatic rings. The molecule has 0 fully saturated rings. The van der Waals surface area contributed by atoms with Gasteiger partial charge in [0.1, 0.15) is 23.0 Å². The zero-order valence-corrected chi connectivity index (χ0v) is 24.6. The van der Waals surface area contributed by atoms with Gasteiger partial charge in [0.05, 0.1) is 18.9 Å². The summed E-state index contributed by atoms with van der Waals surface area (Å²) in [5.41, 5.74) is 1.87. The summed E-state index contributed by atoms with van der Waals surface area (Å²) in [4.78, 5) is 4.64. The minimum Gasteiger partial charge on any atom is -0.598 e. The first-order valence-corrected chi connectivity index (χ1v) is 16.2. The number of methoxy groups -OCH3 is 1. The second-order valence-electron chi connectivity index (χ2n) is 11.4. The zero-order chi connectivity index (χ0) is 26.3. The van der Waals surface area contributed by atoms with Crippen molar-refractivity contribution in [1.82, 2.24) is 9.71 Å². The van der Waals surface area contributed by atoms with Crippen molar-refractivity contribution in [1.29, 1.82) is 0 Å². The van der Waals surface area contributed by atoms with Crippen molar-refractivity contribution in [2.45, 2.75) is 89.3 Å². The van der Waals surface area contributed by atoms with Gasteiger partial charge in [-0.1, -0.05) is 57.2 Å².